The zero-order chi connectivity index (χ0) is 16.3. The van der Waals surface area contributed by atoms with Gasteiger partial charge in [0.05, 0.1) is 11.5 Å². The molecule has 0 aliphatic rings. The van der Waals surface area contributed by atoms with Gasteiger partial charge in [0.1, 0.15) is 0 Å². The monoisotopic (exact) mass is 323 g/mol. The number of rotatable bonds is 6. The van der Waals surface area contributed by atoms with Gasteiger partial charge in [-0.1, -0.05) is 18.7 Å². The van der Waals surface area contributed by atoms with Gasteiger partial charge in [0.15, 0.2) is 5.76 Å². The van der Waals surface area contributed by atoms with E-state index in [-0.39, 0.29) is 16.7 Å². The van der Waals surface area contributed by atoms with Crippen LogP contribution in [-0.4, -0.2) is 31.6 Å². The molecule has 0 saturated heterocycles. The fourth-order valence-electron chi connectivity index (χ4n) is 1.67. The molecule has 2 heterocycles. The normalized spacial score (nSPS) is 13.1. The van der Waals surface area contributed by atoms with E-state index in [9.17, 15) is 4.79 Å². The molecule has 1 amide bonds. The summed E-state index contributed by atoms with van der Waals surface area (Å²) in [7, 11) is 0. The molecular formula is C14H21N5O2S. The third kappa shape index (κ3) is 3.62. The molecular weight excluding hydrogens is 302 g/mol. The SMILES string of the molecule is CCC(C)(C)NC(=O)C(C)Sc1nnc(-c2ccco2)n1N. The Hall–Kier alpha value is -1.96. The smallest absolute Gasteiger partial charge is 0.233 e. The third-order valence-electron chi connectivity index (χ3n) is 3.40. The first-order valence-electron chi connectivity index (χ1n) is 7.07. The van der Waals surface area contributed by atoms with Crippen LogP contribution in [0.5, 0.6) is 0 Å². The highest BCUT2D eigenvalue weighted by atomic mass is 32.2. The number of nitrogens with one attached hydrogen (secondary N) is 1. The molecule has 0 spiro atoms. The maximum absolute atomic E-state index is 12.2. The van der Waals surface area contributed by atoms with E-state index in [1.165, 1.54) is 16.4 Å². The van der Waals surface area contributed by atoms with Crippen LogP contribution in [0.25, 0.3) is 11.6 Å². The van der Waals surface area contributed by atoms with Crippen molar-refractivity contribution >= 4 is 17.7 Å². The number of hydrogen-bond donors (Lipinski definition) is 2. The third-order valence-corrected chi connectivity index (χ3v) is 4.46. The van der Waals surface area contributed by atoms with Gasteiger partial charge in [-0.15, -0.1) is 10.2 Å². The van der Waals surface area contributed by atoms with E-state index in [0.717, 1.165) is 6.42 Å². The maximum Gasteiger partial charge on any atom is 0.233 e. The minimum absolute atomic E-state index is 0.0561. The van der Waals surface area contributed by atoms with Crippen molar-refractivity contribution in [3.05, 3.63) is 18.4 Å². The molecule has 22 heavy (non-hydrogen) atoms. The lowest BCUT2D eigenvalue weighted by Gasteiger charge is -2.26. The second kappa shape index (κ2) is 6.43. The Bertz CT molecular complexity index is 636. The van der Waals surface area contributed by atoms with Crippen LogP contribution >= 0.6 is 11.8 Å². The van der Waals surface area contributed by atoms with Crippen molar-refractivity contribution in [2.24, 2.45) is 0 Å². The number of aromatic nitrogens is 3. The summed E-state index contributed by atoms with van der Waals surface area (Å²) in [6, 6.07) is 3.50. The first-order chi connectivity index (χ1) is 10.3. The number of nitrogen functional groups attached to an aromatic ring is 1. The quantitative estimate of drug-likeness (QED) is 0.623. The molecule has 120 valence electrons. The van der Waals surface area contributed by atoms with Gasteiger partial charge in [0.2, 0.25) is 16.9 Å². The van der Waals surface area contributed by atoms with Gasteiger partial charge in [0, 0.05) is 5.54 Å². The van der Waals surface area contributed by atoms with Crippen LogP contribution in [0.4, 0.5) is 0 Å². The van der Waals surface area contributed by atoms with Crippen molar-refractivity contribution in [2.45, 2.75) is 50.1 Å². The fraction of sp³-hybridized carbons (Fsp3) is 0.500. The van der Waals surface area contributed by atoms with Crippen LogP contribution in [-0.2, 0) is 4.79 Å². The summed E-state index contributed by atoms with van der Waals surface area (Å²) in [4.78, 5) is 12.2. The second-order valence-electron chi connectivity index (χ2n) is 5.64. The van der Waals surface area contributed by atoms with E-state index in [1.807, 2.05) is 27.7 Å². The first kappa shape index (κ1) is 16.4. The minimum atomic E-state index is -0.332. The highest BCUT2D eigenvalue weighted by Gasteiger charge is 2.24. The fourth-order valence-corrected chi connectivity index (χ4v) is 2.44. The van der Waals surface area contributed by atoms with Crippen molar-refractivity contribution < 1.29 is 9.21 Å². The molecule has 0 saturated carbocycles. The number of nitrogens with two attached hydrogens (primary N) is 1. The predicted molar refractivity (Wildman–Crippen MR) is 85.7 cm³/mol. The number of furan rings is 1. The number of nitrogens with zero attached hydrogens (tertiary/aromatic N) is 3. The van der Waals surface area contributed by atoms with Gasteiger partial charge in [-0.05, 0) is 39.3 Å². The van der Waals surface area contributed by atoms with Crippen molar-refractivity contribution in [3.8, 4) is 11.6 Å². The highest BCUT2D eigenvalue weighted by molar-refractivity contribution is 8.00. The van der Waals surface area contributed by atoms with Crippen LogP contribution in [0.15, 0.2) is 28.0 Å². The van der Waals surface area contributed by atoms with Crippen molar-refractivity contribution in [1.29, 1.82) is 0 Å². The van der Waals surface area contributed by atoms with E-state index < -0.39 is 0 Å². The molecule has 2 rings (SSSR count). The van der Waals surface area contributed by atoms with Crippen molar-refractivity contribution in [3.63, 3.8) is 0 Å². The molecule has 1 unspecified atom stereocenters. The van der Waals surface area contributed by atoms with Crippen LogP contribution in [0, 0.1) is 0 Å². The molecule has 0 aliphatic heterocycles. The Morgan fingerprint density at radius 2 is 2.27 bits per heavy atom. The average Bonchev–Trinajstić information content (AvgIpc) is 3.09. The van der Waals surface area contributed by atoms with E-state index in [4.69, 9.17) is 10.3 Å². The van der Waals surface area contributed by atoms with E-state index in [2.05, 4.69) is 15.5 Å². The molecule has 0 fully saturated rings. The molecule has 2 aromatic heterocycles. The summed E-state index contributed by atoms with van der Waals surface area (Å²) in [5.41, 5.74) is -0.235. The Morgan fingerprint density at radius 1 is 1.55 bits per heavy atom. The van der Waals surface area contributed by atoms with Gasteiger partial charge in [0.25, 0.3) is 0 Å². The second-order valence-corrected chi connectivity index (χ2v) is 6.95. The maximum atomic E-state index is 12.2. The summed E-state index contributed by atoms with van der Waals surface area (Å²) in [6.07, 6.45) is 2.39. The largest absolute Gasteiger partial charge is 0.461 e. The molecule has 8 heteroatoms. The first-order valence-corrected chi connectivity index (χ1v) is 7.95. The Balaban J connectivity index is 2.06. The molecule has 0 radical (unpaired) electrons. The van der Waals surface area contributed by atoms with Gasteiger partial charge in [-0.25, -0.2) is 4.68 Å². The lowest BCUT2D eigenvalue weighted by atomic mass is 10.0. The zero-order valence-corrected chi connectivity index (χ0v) is 14.0. The van der Waals surface area contributed by atoms with Gasteiger partial charge in [-0.3, -0.25) is 4.79 Å². The molecule has 2 aromatic rings. The number of thioether (sulfide) groups is 1. The van der Waals surface area contributed by atoms with Crippen LogP contribution in [0.3, 0.4) is 0 Å². The number of carbonyl (C=O) groups excluding carboxylic acids is 1. The molecule has 3 N–H and O–H groups in total. The lowest BCUT2D eigenvalue weighted by molar-refractivity contribution is -0.121. The summed E-state index contributed by atoms with van der Waals surface area (Å²) in [5.74, 6) is 6.88. The van der Waals surface area contributed by atoms with Crippen LogP contribution < -0.4 is 11.2 Å². The van der Waals surface area contributed by atoms with Gasteiger partial charge >= 0.3 is 0 Å². The molecule has 7 nitrogen and oxygen atoms in total. The highest BCUT2D eigenvalue weighted by Crippen LogP contribution is 2.25. The average molecular weight is 323 g/mol. The van der Waals surface area contributed by atoms with Gasteiger partial charge in [-0.2, -0.15) is 0 Å². The van der Waals surface area contributed by atoms with E-state index in [0.29, 0.717) is 16.7 Å². The summed E-state index contributed by atoms with van der Waals surface area (Å²) < 4.78 is 6.59. The molecule has 0 bridgehead atoms. The summed E-state index contributed by atoms with van der Waals surface area (Å²) in [5, 5.41) is 11.2. The number of amides is 1. The van der Waals surface area contributed by atoms with Crippen molar-refractivity contribution in [1.82, 2.24) is 20.2 Å². The summed E-state index contributed by atoms with van der Waals surface area (Å²) in [6.45, 7) is 7.82. The van der Waals surface area contributed by atoms with Crippen molar-refractivity contribution in [2.75, 3.05) is 5.84 Å². The van der Waals surface area contributed by atoms with E-state index in [1.54, 1.807) is 18.4 Å². The summed E-state index contributed by atoms with van der Waals surface area (Å²) >= 11 is 1.26. The number of carbonyl (C=O) groups is 1. The lowest BCUT2D eigenvalue weighted by Crippen LogP contribution is -2.46. The Morgan fingerprint density at radius 3 is 2.86 bits per heavy atom. The Labute approximate surface area is 133 Å². The number of hydrogen-bond acceptors (Lipinski definition) is 6. The van der Waals surface area contributed by atoms with Gasteiger partial charge < -0.3 is 15.6 Å². The molecule has 0 aliphatic carbocycles. The standard InChI is InChI=1S/C14H21N5O2S/c1-5-14(3,4)16-12(20)9(2)22-13-18-17-11(19(13)15)10-7-6-8-21-10/h6-9H,5,15H2,1-4H3,(H,16,20). The molecule has 0 aromatic carbocycles. The minimum Gasteiger partial charge on any atom is -0.461 e. The zero-order valence-electron chi connectivity index (χ0n) is 13.2. The molecule has 1 atom stereocenters. The predicted octanol–water partition coefficient (Wildman–Crippen LogP) is 2.04. The van der Waals surface area contributed by atoms with Crippen LogP contribution in [0.2, 0.25) is 0 Å². The van der Waals surface area contributed by atoms with E-state index >= 15 is 0 Å². The van der Waals surface area contributed by atoms with Crippen LogP contribution in [0.1, 0.15) is 34.1 Å². The Kier molecular flexibility index (Phi) is 4.80. The topological polar surface area (TPSA) is 99.0 Å².